The Balaban J connectivity index is 2.30. The van der Waals surface area contributed by atoms with Crippen LogP contribution in [0.25, 0.3) is 5.69 Å². The van der Waals surface area contributed by atoms with E-state index in [-0.39, 0.29) is 0 Å². The monoisotopic (exact) mass is 170 g/mol. The fourth-order valence-electron chi connectivity index (χ4n) is 1.37. The Hall–Kier alpha value is -1.78. The molecule has 3 rings (SSSR count). The Morgan fingerprint density at radius 2 is 2.31 bits per heavy atom. The van der Waals surface area contributed by atoms with Gasteiger partial charge in [-0.25, -0.2) is 9.97 Å². The summed E-state index contributed by atoms with van der Waals surface area (Å²) in [5.74, 6) is 0.619. The van der Waals surface area contributed by atoms with E-state index in [0.717, 1.165) is 11.4 Å². The van der Waals surface area contributed by atoms with Gasteiger partial charge in [-0.05, 0) is 12.1 Å². The molecule has 0 atom stereocenters. The molecule has 0 bridgehead atoms. The van der Waals surface area contributed by atoms with Gasteiger partial charge in [-0.15, -0.1) is 0 Å². The zero-order chi connectivity index (χ0) is 8.67. The summed E-state index contributed by atoms with van der Waals surface area (Å²) in [6.07, 6.45) is 5.32. The molecule has 61 valence electrons. The maximum absolute atomic E-state index is 5.29. The minimum Gasteiger partial charge on any atom is -0.540 e. The van der Waals surface area contributed by atoms with Crippen molar-refractivity contribution in [2.45, 2.75) is 0 Å². The van der Waals surface area contributed by atoms with Gasteiger partial charge in [-0.3, -0.25) is 0 Å². The number of hydrogen-bond donors (Lipinski definition) is 0. The molecule has 13 heavy (non-hydrogen) atoms. The van der Waals surface area contributed by atoms with Crippen LogP contribution in [-0.4, -0.2) is 22.0 Å². The average Bonchev–Trinajstić information content (AvgIpc) is 2.65. The molecular weight excluding hydrogens is 165 g/mol. The van der Waals surface area contributed by atoms with Gasteiger partial charge in [-0.1, -0.05) is 0 Å². The van der Waals surface area contributed by atoms with E-state index in [1.165, 1.54) is 0 Å². The van der Waals surface area contributed by atoms with E-state index in [9.17, 15) is 0 Å². The molecule has 0 aliphatic carbocycles. The molecule has 0 N–H and O–H groups in total. The van der Waals surface area contributed by atoms with Gasteiger partial charge in [0, 0.05) is 18.6 Å². The largest absolute Gasteiger partial charge is 0.540 e. The lowest BCUT2D eigenvalue weighted by Gasteiger charge is -2.16. The van der Waals surface area contributed by atoms with Gasteiger partial charge < -0.3 is 9.22 Å². The molecule has 1 aliphatic heterocycles. The smallest absolute Gasteiger partial charge is 0.451 e. The Kier molecular flexibility index (Phi) is 1.22. The molecule has 0 unspecified atom stereocenters. The zero-order valence-electron chi connectivity index (χ0n) is 6.71. The highest BCUT2D eigenvalue weighted by atomic mass is 16.4. The van der Waals surface area contributed by atoms with Gasteiger partial charge in [-0.2, -0.15) is 0 Å². The van der Waals surface area contributed by atoms with Crippen LogP contribution in [0, 0.1) is 0 Å². The van der Waals surface area contributed by atoms with Crippen molar-refractivity contribution in [2.75, 3.05) is 0 Å². The average molecular weight is 170 g/mol. The lowest BCUT2D eigenvalue weighted by Crippen LogP contribution is -2.34. The highest BCUT2D eigenvalue weighted by molar-refractivity contribution is 6.46. The molecule has 0 aromatic carbocycles. The van der Waals surface area contributed by atoms with Crippen LogP contribution in [0.4, 0.5) is 0 Å². The Morgan fingerprint density at radius 3 is 3.31 bits per heavy atom. The Bertz CT molecular complexity index is 454. The first-order chi connectivity index (χ1) is 6.45. The fraction of sp³-hybridized carbons (Fsp3) is 0. The first-order valence-corrected chi connectivity index (χ1v) is 3.94. The molecule has 0 saturated carbocycles. The molecule has 0 fully saturated rings. The van der Waals surface area contributed by atoms with Crippen molar-refractivity contribution in [2.24, 2.45) is 0 Å². The number of hydrogen-bond acceptors (Lipinski definition) is 3. The number of aromatic nitrogens is 3. The van der Waals surface area contributed by atoms with E-state index in [1.54, 1.807) is 19.9 Å². The van der Waals surface area contributed by atoms with Gasteiger partial charge in [0.05, 0.1) is 0 Å². The van der Waals surface area contributed by atoms with Gasteiger partial charge in [0.15, 0.2) is 0 Å². The normalized spacial score (nSPS) is 12.3. The molecule has 4 nitrogen and oxygen atoms in total. The first kappa shape index (κ1) is 6.71. The molecule has 3 heterocycles. The quantitative estimate of drug-likeness (QED) is 0.518. The van der Waals surface area contributed by atoms with Crippen LogP contribution in [0.5, 0.6) is 5.88 Å². The highest BCUT2D eigenvalue weighted by Gasteiger charge is 2.19. The number of imidazole rings is 1. The fourth-order valence-corrected chi connectivity index (χ4v) is 1.37. The number of rotatable bonds is 0. The highest BCUT2D eigenvalue weighted by Crippen LogP contribution is 2.20. The van der Waals surface area contributed by atoms with Crippen molar-refractivity contribution in [1.82, 2.24) is 14.5 Å². The predicted molar refractivity (Wildman–Crippen MR) is 47.4 cm³/mol. The SMILES string of the molecule is [B]1Oc2ncccc2-n2ccnc21. The van der Waals surface area contributed by atoms with Crippen LogP contribution in [0.15, 0.2) is 30.7 Å². The second-order valence-corrected chi connectivity index (χ2v) is 2.72. The molecule has 0 saturated heterocycles. The lowest BCUT2D eigenvalue weighted by atomic mass is 9.98. The van der Waals surface area contributed by atoms with Crippen LogP contribution in [-0.2, 0) is 0 Å². The van der Waals surface area contributed by atoms with E-state index in [2.05, 4.69) is 9.97 Å². The Morgan fingerprint density at radius 1 is 1.31 bits per heavy atom. The third-order valence-corrected chi connectivity index (χ3v) is 1.96. The van der Waals surface area contributed by atoms with Gasteiger partial charge in [0.1, 0.15) is 11.4 Å². The van der Waals surface area contributed by atoms with Crippen LogP contribution < -0.4 is 10.4 Å². The molecule has 0 spiro atoms. The summed E-state index contributed by atoms with van der Waals surface area (Å²) in [6, 6.07) is 3.82. The maximum Gasteiger partial charge on any atom is 0.451 e. The van der Waals surface area contributed by atoms with Crippen molar-refractivity contribution in [3.63, 3.8) is 0 Å². The second-order valence-electron chi connectivity index (χ2n) is 2.72. The van der Waals surface area contributed by atoms with E-state index in [0.29, 0.717) is 5.88 Å². The van der Waals surface area contributed by atoms with Crippen molar-refractivity contribution in [3.8, 4) is 11.6 Å². The molecule has 5 heteroatoms. The third-order valence-electron chi connectivity index (χ3n) is 1.96. The van der Waals surface area contributed by atoms with E-state index >= 15 is 0 Å². The van der Waals surface area contributed by atoms with Crippen LogP contribution in [0.3, 0.4) is 0 Å². The van der Waals surface area contributed by atoms with Crippen molar-refractivity contribution in [1.29, 1.82) is 0 Å². The van der Waals surface area contributed by atoms with Crippen LogP contribution >= 0.6 is 0 Å². The molecule has 0 amide bonds. The standard InChI is InChI=1S/C8H5BN3O/c1-2-6-7(10-3-1)13-9-8-11-4-5-12(6)8/h1-5H. The number of fused-ring (bicyclic) bond motifs is 3. The molecule has 1 radical (unpaired) electrons. The second kappa shape index (κ2) is 2.35. The van der Waals surface area contributed by atoms with Gasteiger partial charge >= 0.3 is 7.48 Å². The molecule has 1 aliphatic rings. The zero-order valence-corrected chi connectivity index (χ0v) is 6.71. The van der Waals surface area contributed by atoms with Crippen LogP contribution in [0.1, 0.15) is 0 Å². The summed E-state index contributed by atoms with van der Waals surface area (Å²) in [7, 11) is 1.59. The molecule has 2 aromatic heterocycles. The minimum atomic E-state index is 0.619. The van der Waals surface area contributed by atoms with E-state index < -0.39 is 0 Å². The predicted octanol–water partition coefficient (Wildman–Crippen LogP) is -0.0958. The summed E-state index contributed by atoms with van der Waals surface area (Å²) in [5, 5.41) is 0. The Labute approximate surface area is 75.5 Å². The number of pyridine rings is 1. The van der Waals surface area contributed by atoms with Crippen molar-refractivity contribution < 1.29 is 4.65 Å². The minimum absolute atomic E-state index is 0.619. The molecular formula is C8H5BN3O. The van der Waals surface area contributed by atoms with E-state index in [1.807, 2.05) is 22.9 Å². The summed E-state index contributed by atoms with van der Waals surface area (Å²) < 4.78 is 7.23. The summed E-state index contributed by atoms with van der Waals surface area (Å²) in [6.45, 7) is 0. The molecule has 2 aromatic rings. The number of nitrogens with zero attached hydrogens (tertiary/aromatic N) is 3. The third kappa shape index (κ3) is 0.868. The van der Waals surface area contributed by atoms with Crippen molar-refractivity contribution >= 4 is 13.2 Å². The van der Waals surface area contributed by atoms with Crippen LogP contribution in [0.2, 0.25) is 0 Å². The topological polar surface area (TPSA) is 39.9 Å². The van der Waals surface area contributed by atoms with Gasteiger partial charge in [0.2, 0.25) is 5.88 Å². The lowest BCUT2D eigenvalue weighted by molar-refractivity contribution is 0.560. The summed E-state index contributed by atoms with van der Waals surface area (Å²) in [4.78, 5) is 8.21. The first-order valence-electron chi connectivity index (χ1n) is 3.94. The van der Waals surface area contributed by atoms with Crippen molar-refractivity contribution in [3.05, 3.63) is 30.7 Å². The van der Waals surface area contributed by atoms with E-state index in [4.69, 9.17) is 4.65 Å². The summed E-state index contributed by atoms with van der Waals surface area (Å²) in [5.41, 5.74) is 1.72. The van der Waals surface area contributed by atoms with Gasteiger partial charge in [0.25, 0.3) is 0 Å². The summed E-state index contributed by atoms with van der Waals surface area (Å²) >= 11 is 0. The maximum atomic E-state index is 5.29.